The highest BCUT2D eigenvalue weighted by molar-refractivity contribution is 5.76. The van der Waals surface area contributed by atoms with Gasteiger partial charge in [0.2, 0.25) is 5.91 Å². The first kappa shape index (κ1) is 68.5. The molecule has 12 N–H and O–H groups in total. The topological polar surface area (TPSA) is 307 Å². The Morgan fingerprint density at radius 2 is 0.896 bits per heavy atom. The summed E-state index contributed by atoms with van der Waals surface area (Å²) in [6.07, 6.45) is 21.3. The molecule has 3 aliphatic rings. The van der Waals surface area contributed by atoms with Crippen molar-refractivity contribution >= 4 is 5.91 Å². The van der Waals surface area contributed by atoms with Crippen molar-refractivity contribution in [2.24, 2.45) is 0 Å². The molecular formula is C58H99NO18. The number of carbonyl (C=O) groups excluding carboxylic acids is 1. The summed E-state index contributed by atoms with van der Waals surface area (Å²) in [6.45, 7) is 1.45. The number of aliphatic hydroxyl groups is 11. The summed E-state index contributed by atoms with van der Waals surface area (Å²) in [4.78, 5) is 13.1. The summed E-state index contributed by atoms with van der Waals surface area (Å²) in [5.41, 5.74) is 0. The van der Waals surface area contributed by atoms with Gasteiger partial charge < -0.3 is 89.9 Å². The van der Waals surface area contributed by atoms with E-state index in [1.807, 2.05) is 6.92 Å². The van der Waals surface area contributed by atoms with E-state index in [1.165, 1.54) is 32.1 Å². The molecule has 77 heavy (non-hydrogen) atoms. The van der Waals surface area contributed by atoms with Crippen LogP contribution in [0.3, 0.4) is 0 Å². The second kappa shape index (κ2) is 41.3. The molecule has 3 saturated heterocycles. The third kappa shape index (κ3) is 25.7. The van der Waals surface area contributed by atoms with Gasteiger partial charge in [0.05, 0.1) is 38.6 Å². The number of amides is 1. The van der Waals surface area contributed by atoms with Crippen LogP contribution in [0.2, 0.25) is 0 Å². The number of hydrogen-bond donors (Lipinski definition) is 12. The number of ether oxygens (including phenoxy) is 6. The first-order chi connectivity index (χ1) is 37.3. The fraction of sp³-hybridized carbons (Fsp3) is 0.776. The zero-order valence-corrected chi connectivity index (χ0v) is 45.9. The maximum atomic E-state index is 13.1. The molecule has 444 valence electrons. The van der Waals surface area contributed by atoms with Crippen molar-refractivity contribution < 1.29 is 89.4 Å². The Morgan fingerprint density at radius 3 is 1.38 bits per heavy atom. The number of allylic oxidation sites excluding steroid dienone is 12. The molecule has 1 amide bonds. The maximum absolute atomic E-state index is 13.1. The van der Waals surface area contributed by atoms with Crippen LogP contribution in [0.4, 0.5) is 0 Å². The molecule has 0 aromatic carbocycles. The van der Waals surface area contributed by atoms with Crippen molar-refractivity contribution in [3.8, 4) is 0 Å². The number of unbranched alkanes of at least 4 members (excludes halogenated alkanes) is 12. The van der Waals surface area contributed by atoms with E-state index in [2.05, 4.69) is 85.2 Å². The summed E-state index contributed by atoms with van der Waals surface area (Å²) in [6, 6.07) is -0.889. The Balaban J connectivity index is 1.32. The van der Waals surface area contributed by atoms with Gasteiger partial charge in [-0.05, 0) is 64.2 Å². The van der Waals surface area contributed by atoms with Crippen LogP contribution in [0.1, 0.15) is 155 Å². The van der Waals surface area contributed by atoms with Crippen LogP contribution in [0, 0.1) is 0 Å². The van der Waals surface area contributed by atoms with Gasteiger partial charge in [0, 0.05) is 6.42 Å². The molecule has 17 unspecified atom stereocenters. The standard InChI is InChI=1S/C58H99NO18/c1-3-5-7-8-9-10-11-12-13-14-15-16-17-18-19-20-21-22-23-24-25-26-27-28-29-30-31-32-34-36-46(64)59-41(42(63)35-33-6-4-2)40-72-56-52(70)49(67)54(44(38-61)74-56)77-58-53(71)50(68)55(45(39-62)75-58)76-57-51(69)48(66)47(65)43(37-60)73-57/h5,7,9-10,12-13,15-16,18-19,21-22,41-45,47-58,60-63,65-71H,3-4,6,8,11,14,17,20,23-40H2,1-2H3,(H,59,64)/b7-5-,10-9-,13-12-,16-15-,19-18-,22-21-. The molecule has 19 heteroatoms. The van der Waals surface area contributed by atoms with E-state index < -0.39 is 124 Å². The lowest BCUT2D eigenvalue weighted by molar-refractivity contribution is -0.379. The van der Waals surface area contributed by atoms with Crippen molar-refractivity contribution in [3.63, 3.8) is 0 Å². The van der Waals surface area contributed by atoms with E-state index in [0.29, 0.717) is 19.3 Å². The molecule has 0 radical (unpaired) electrons. The molecule has 3 heterocycles. The van der Waals surface area contributed by atoms with Gasteiger partial charge in [-0.2, -0.15) is 0 Å². The molecule has 3 aliphatic heterocycles. The van der Waals surface area contributed by atoms with E-state index in [-0.39, 0.29) is 18.9 Å². The Labute approximate surface area is 458 Å². The van der Waals surface area contributed by atoms with Gasteiger partial charge in [0.1, 0.15) is 73.2 Å². The predicted molar refractivity (Wildman–Crippen MR) is 291 cm³/mol. The molecule has 0 saturated carbocycles. The summed E-state index contributed by atoms with van der Waals surface area (Å²) < 4.78 is 34.0. The largest absolute Gasteiger partial charge is 0.394 e. The number of hydrogen-bond acceptors (Lipinski definition) is 18. The molecule has 0 aromatic heterocycles. The van der Waals surface area contributed by atoms with Crippen molar-refractivity contribution in [1.29, 1.82) is 0 Å². The van der Waals surface area contributed by atoms with E-state index >= 15 is 0 Å². The molecule has 3 fully saturated rings. The van der Waals surface area contributed by atoms with Gasteiger partial charge in [-0.25, -0.2) is 0 Å². The van der Waals surface area contributed by atoms with Gasteiger partial charge in [-0.3, -0.25) is 4.79 Å². The lowest BCUT2D eigenvalue weighted by Gasteiger charge is -2.48. The van der Waals surface area contributed by atoms with Gasteiger partial charge in [-0.1, -0.05) is 157 Å². The Hall–Kier alpha value is -2.77. The average molecular weight is 1100 g/mol. The van der Waals surface area contributed by atoms with Crippen molar-refractivity contribution in [3.05, 3.63) is 72.9 Å². The fourth-order valence-electron chi connectivity index (χ4n) is 9.31. The molecule has 0 aromatic rings. The molecule has 0 aliphatic carbocycles. The Bertz CT molecular complexity index is 1690. The van der Waals surface area contributed by atoms with Crippen LogP contribution >= 0.6 is 0 Å². The minimum absolute atomic E-state index is 0.253. The molecule has 17 atom stereocenters. The molecular weight excluding hydrogens is 999 g/mol. The number of carbonyl (C=O) groups is 1. The average Bonchev–Trinajstić information content (AvgIpc) is 3.43. The zero-order chi connectivity index (χ0) is 56.2. The monoisotopic (exact) mass is 1100 g/mol. The van der Waals surface area contributed by atoms with Crippen LogP contribution in [0.5, 0.6) is 0 Å². The quantitative estimate of drug-likeness (QED) is 0.0301. The zero-order valence-electron chi connectivity index (χ0n) is 45.9. The van der Waals surface area contributed by atoms with Crippen LogP contribution in [-0.2, 0) is 33.2 Å². The van der Waals surface area contributed by atoms with Crippen molar-refractivity contribution in [2.75, 3.05) is 26.4 Å². The molecule has 19 nitrogen and oxygen atoms in total. The van der Waals surface area contributed by atoms with E-state index in [4.69, 9.17) is 28.4 Å². The van der Waals surface area contributed by atoms with Crippen LogP contribution < -0.4 is 5.32 Å². The summed E-state index contributed by atoms with van der Waals surface area (Å²) in [5.74, 6) is -0.265. The lowest BCUT2D eigenvalue weighted by atomic mass is 9.96. The summed E-state index contributed by atoms with van der Waals surface area (Å²) >= 11 is 0. The minimum Gasteiger partial charge on any atom is -0.394 e. The van der Waals surface area contributed by atoms with Crippen LogP contribution in [-0.4, -0.2) is 193 Å². The first-order valence-electron chi connectivity index (χ1n) is 28.7. The SMILES string of the molecule is CC/C=C\C/C=C\C/C=C\C/C=C\C/C=C\C/C=C\CCCCCCCCCCCCC(=O)NC(COC1OC(CO)C(OC2OC(CO)C(OC3OC(CO)C(O)C(O)C3O)C(O)C2O)C(O)C1O)C(O)CCCCC. The first-order valence-corrected chi connectivity index (χ1v) is 28.7. The normalized spacial score (nSPS) is 31.3. The molecule has 0 bridgehead atoms. The van der Waals surface area contributed by atoms with Crippen LogP contribution in [0.15, 0.2) is 72.9 Å². The number of rotatable bonds is 40. The summed E-state index contributed by atoms with van der Waals surface area (Å²) in [5, 5.41) is 119. The highest BCUT2D eigenvalue weighted by Gasteiger charge is 2.53. The lowest BCUT2D eigenvalue weighted by Crippen LogP contribution is -2.66. The predicted octanol–water partition coefficient (Wildman–Crippen LogP) is 4.26. The van der Waals surface area contributed by atoms with Gasteiger partial charge >= 0.3 is 0 Å². The minimum atomic E-state index is -1.97. The highest BCUT2D eigenvalue weighted by atomic mass is 16.8. The summed E-state index contributed by atoms with van der Waals surface area (Å²) in [7, 11) is 0. The Kier molecular flexibility index (Phi) is 36.7. The van der Waals surface area contributed by atoms with E-state index in [1.54, 1.807) is 0 Å². The number of aliphatic hydroxyl groups excluding tert-OH is 11. The van der Waals surface area contributed by atoms with Crippen LogP contribution in [0.25, 0.3) is 0 Å². The maximum Gasteiger partial charge on any atom is 0.220 e. The van der Waals surface area contributed by atoms with E-state index in [9.17, 15) is 61.0 Å². The number of nitrogens with one attached hydrogen (secondary N) is 1. The molecule has 3 rings (SSSR count). The second-order valence-electron chi connectivity index (χ2n) is 20.4. The van der Waals surface area contributed by atoms with Gasteiger partial charge in [0.15, 0.2) is 18.9 Å². The second-order valence-corrected chi connectivity index (χ2v) is 20.4. The van der Waals surface area contributed by atoms with Gasteiger partial charge in [0.25, 0.3) is 0 Å². The smallest absolute Gasteiger partial charge is 0.220 e. The third-order valence-corrected chi connectivity index (χ3v) is 14.0. The highest BCUT2D eigenvalue weighted by Crippen LogP contribution is 2.33. The van der Waals surface area contributed by atoms with Gasteiger partial charge in [-0.15, -0.1) is 0 Å². The van der Waals surface area contributed by atoms with E-state index in [0.717, 1.165) is 83.5 Å². The third-order valence-electron chi connectivity index (χ3n) is 14.0. The van der Waals surface area contributed by atoms with Crippen molar-refractivity contribution in [1.82, 2.24) is 5.32 Å². The Morgan fingerprint density at radius 1 is 0.481 bits per heavy atom. The molecule has 0 spiro atoms. The fourth-order valence-corrected chi connectivity index (χ4v) is 9.31. The van der Waals surface area contributed by atoms with Crippen molar-refractivity contribution in [2.45, 2.75) is 259 Å².